The van der Waals surface area contributed by atoms with Crippen LogP contribution in [-0.2, 0) is 19.3 Å². The minimum Gasteiger partial charge on any atom is -0.496 e. The van der Waals surface area contributed by atoms with Gasteiger partial charge in [0.15, 0.2) is 0 Å². The monoisotopic (exact) mass is 255 g/mol. The predicted octanol–water partition coefficient (Wildman–Crippen LogP) is 2.15. The van der Waals surface area contributed by atoms with Crippen molar-refractivity contribution in [3.63, 3.8) is 0 Å². The normalized spacial score (nSPS) is 13.3. The molecule has 1 heterocycles. The second kappa shape index (κ2) is 4.88. The first-order chi connectivity index (χ1) is 9.28. The third-order valence-electron chi connectivity index (χ3n) is 3.55. The molecular weight excluding hydrogens is 238 g/mol. The predicted molar refractivity (Wildman–Crippen MR) is 74.3 cm³/mol. The number of nitrogens with zero attached hydrogens (tertiary/aromatic N) is 2. The standard InChI is InChI=1S/C15H17N3O/c1-19-13-8-3-2-5-10(13)9-14-17-12-7-4-6-11(12)15(16)18-14/h2-3,5,8H,4,6-7,9H2,1H3,(H2,16,17,18). The average Bonchev–Trinajstić information content (AvgIpc) is 2.88. The van der Waals surface area contributed by atoms with Gasteiger partial charge < -0.3 is 10.5 Å². The fourth-order valence-corrected chi connectivity index (χ4v) is 2.61. The first kappa shape index (κ1) is 12.0. The number of methoxy groups -OCH3 is 1. The van der Waals surface area contributed by atoms with Crippen molar-refractivity contribution < 1.29 is 4.74 Å². The molecule has 0 amide bonds. The zero-order chi connectivity index (χ0) is 13.2. The van der Waals surface area contributed by atoms with Gasteiger partial charge in [-0.3, -0.25) is 0 Å². The van der Waals surface area contributed by atoms with Gasteiger partial charge >= 0.3 is 0 Å². The van der Waals surface area contributed by atoms with Crippen LogP contribution < -0.4 is 10.5 Å². The summed E-state index contributed by atoms with van der Waals surface area (Å²) in [7, 11) is 1.68. The van der Waals surface area contributed by atoms with E-state index in [4.69, 9.17) is 10.5 Å². The van der Waals surface area contributed by atoms with Crippen molar-refractivity contribution in [2.45, 2.75) is 25.7 Å². The Bertz CT molecular complexity index is 610. The molecule has 0 spiro atoms. The topological polar surface area (TPSA) is 61.0 Å². The molecule has 0 atom stereocenters. The third kappa shape index (κ3) is 2.26. The van der Waals surface area contributed by atoms with Crippen molar-refractivity contribution in [2.24, 2.45) is 0 Å². The number of para-hydroxylation sites is 1. The van der Waals surface area contributed by atoms with Crippen LogP contribution in [0, 0.1) is 0 Å². The van der Waals surface area contributed by atoms with E-state index in [1.54, 1.807) is 7.11 Å². The number of aryl methyl sites for hydroxylation is 1. The van der Waals surface area contributed by atoms with E-state index in [1.165, 1.54) is 0 Å². The van der Waals surface area contributed by atoms with Crippen molar-refractivity contribution in [3.8, 4) is 5.75 Å². The molecule has 3 rings (SSSR count). The highest BCUT2D eigenvalue weighted by Crippen LogP contribution is 2.26. The van der Waals surface area contributed by atoms with E-state index in [-0.39, 0.29) is 0 Å². The van der Waals surface area contributed by atoms with Crippen LogP contribution in [0.1, 0.15) is 29.1 Å². The summed E-state index contributed by atoms with van der Waals surface area (Å²) in [5, 5.41) is 0. The average molecular weight is 255 g/mol. The Hall–Kier alpha value is -2.10. The van der Waals surface area contributed by atoms with Crippen LogP contribution in [-0.4, -0.2) is 17.1 Å². The molecule has 2 aromatic rings. The summed E-state index contributed by atoms with van der Waals surface area (Å²) >= 11 is 0. The lowest BCUT2D eigenvalue weighted by Crippen LogP contribution is -2.06. The van der Waals surface area contributed by atoms with Crippen LogP contribution in [0.5, 0.6) is 5.75 Å². The van der Waals surface area contributed by atoms with E-state index in [0.29, 0.717) is 12.2 Å². The van der Waals surface area contributed by atoms with Gasteiger partial charge in [-0.1, -0.05) is 18.2 Å². The molecule has 1 aliphatic carbocycles. The molecule has 1 aromatic heterocycles. The van der Waals surface area contributed by atoms with E-state index >= 15 is 0 Å². The highest BCUT2D eigenvalue weighted by Gasteiger charge is 2.18. The van der Waals surface area contributed by atoms with Crippen LogP contribution in [0.3, 0.4) is 0 Å². The molecule has 1 aromatic carbocycles. The molecule has 0 saturated heterocycles. The molecule has 0 radical (unpaired) electrons. The molecule has 0 aliphatic heterocycles. The Morgan fingerprint density at radius 2 is 2.05 bits per heavy atom. The number of hydrogen-bond acceptors (Lipinski definition) is 4. The van der Waals surface area contributed by atoms with Crippen LogP contribution >= 0.6 is 0 Å². The van der Waals surface area contributed by atoms with Gasteiger partial charge in [0.1, 0.15) is 17.4 Å². The van der Waals surface area contributed by atoms with E-state index in [1.807, 2.05) is 24.3 Å². The van der Waals surface area contributed by atoms with E-state index < -0.39 is 0 Å². The molecule has 19 heavy (non-hydrogen) atoms. The molecule has 0 unspecified atom stereocenters. The van der Waals surface area contributed by atoms with Crippen molar-refractivity contribution in [1.29, 1.82) is 0 Å². The number of benzene rings is 1. The quantitative estimate of drug-likeness (QED) is 0.912. The lowest BCUT2D eigenvalue weighted by atomic mass is 10.1. The summed E-state index contributed by atoms with van der Waals surface area (Å²) < 4.78 is 5.35. The number of anilines is 1. The van der Waals surface area contributed by atoms with E-state index in [2.05, 4.69) is 9.97 Å². The van der Waals surface area contributed by atoms with Gasteiger partial charge in [-0.05, 0) is 25.3 Å². The van der Waals surface area contributed by atoms with E-state index in [9.17, 15) is 0 Å². The van der Waals surface area contributed by atoms with Gasteiger partial charge in [0.25, 0.3) is 0 Å². The lowest BCUT2D eigenvalue weighted by Gasteiger charge is -2.09. The van der Waals surface area contributed by atoms with Crippen LogP contribution in [0.4, 0.5) is 5.82 Å². The summed E-state index contributed by atoms with van der Waals surface area (Å²) in [5.74, 6) is 2.29. The molecular formula is C15H17N3O. The summed E-state index contributed by atoms with van der Waals surface area (Å²) in [6.07, 6.45) is 3.81. The van der Waals surface area contributed by atoms with Gasteiger partial charge in [-0.25, -0.2) is 9.97 Å². The smallest absolute Gasteiger partial charge is 0.135 e. The number of fused-ring (bicyclic) bond motifs is 1. The number of nitrogens with two attached hydrogens (primary N) is 1. The van der Waals surface area contributed by atoms with Crippen molar-refractivity contribution in [1.82, 2.24) is 9.97 Å². The van der Waals surface area contributed by atoms with Crippen LogP contribution in [0.25, 0.3) is 0 Å². The summed E-state index contributed by atoms with van der Waals surface area (Å²) in [6.45, 7) is 0. The van der Waals surface area contributed by atoms with Gasteiger partial charge in [-0.15, -0.1) is 0 Å². The molecule has 2 N–H and O–H groups in total. The molecule has 98 valence electrons. The maximum absolute atomic E-state index is 6.01. The van der Waals surface area contributed by atoms with Gasteiger partial charge in [0, 0.05) is 23.2 Å². The van der Waals surface area contributed by atoms with Crippen LogP contribution in [0.2, 0.25) is 0 Å². The lowest BCUT2D eigenvalue weighted by molar-refractivity contribution is 0.410. The second-order valence-electron chi connectivity index (χ2n) is 4.79. The summed E-state index contributed by atoms with van der Waals surface area (Å²) in [6, 6.07) is 7.94. The number of ether oxygens (including phenoxy) is 1. The molecule has 0 saturated carbocycles. The Kier molecular flexibility index (Phi) is 3.07. The molecule has 4 nitrogen and oxygen atoms in total. The fraction of sp³-hybridized carbons (Fsp3) is 0.333. The Morgan fingerprint density at radius 1 is 1.21 bits per heavy atom. The van der Waals surface area contributed by atoms with Crippen molar-refractivity contribution in [2.75, 3.05) is 12.8 Å². The largest absolute Gasteiger partial charge is 0.496 e. The number of nitrogen functional groups attached to an aromatic ring is 1. The number of aromatic nitrogens is 2. The van der Waals surface area contributed by atoms with Gasteiger partial charge in [0.2, 0.25) is 0 Å². The molecule has 1 aliphatic rings. The minimum atomic E-state index is 0.646. The minimum absolute atomic E-state index is 0.646. The number of rotatable bonds is 3. The first-order valence-corrected chi connectivity index (χ1v) is 6.54. The SMILES string of the molecule is COc1ccccc1Cc1nc(N)c2c(n1)CCC2. The van der Waals surface area contributed by atoms with Crippen molar-refractivity contribution in [3.05, 3.63) is 46.9 Å². The number of hydrogen-bond donors (Lipinski definition) is 1. The van der Waals surface area contributed by atoms with E-state index in [0.717, 1.165) is 47.7 Å². The zero-order valence-corrected chi connectivity index (χ0v) is 11.0. The third-order valence-corrected chi connectivity index (χ3v) is 3.55. The maximum atomic E-state index is 6.01. The highest BCUT2D eigenvalue weighted by atomic mass is 16.5. The van der Waals surface area contributed by atoms with Gasteiger partial charge in [-0.2, -0.15) is 0 Å². The highest BCUT2D eigenvalue weighted by molar-refractivity contribution is 5.45. The molecule has 0 bridgehead atoms. The fourth-order valence-electron chi connectivity index (χ4n) is 2.61. The Morgan fingerprint density at radius 3 is 2.89 bits per heavy atom. The van der Waals surface area contributed by atoms with Gasteiger partial charge in [0.05, 0.1) is 7.11 Å². The second-order valence-corrected chi connectivity index (χ2v) is 4.79. The summed E-state index contributed by atoms with van der Waals surface area (Å²) in [4.78, 5) is 9.06. The molecule has 4 heteroatoms. The van der Waals surface area contributed by atoms with Crippen molar-refractivity contribution >= 4 is 5.82 Å². The Labute approximate surface area is 112 Å². The summed E-state index contributed by atoms with van der Waals surface area (Å²) in [5.41, 5.74) is 9.37. The first-order valence-electron chi connectivity index (χ1n) is 6.54. The Balaban J connectivity index is 1.93. The molecule has 0 fully saturated rings. The van der Waals surface area contributed by atoms with Crippen LogP contribution in [0.15, 0.2) is 24.3 Å². The zero-order valence-electron chi connectivity index (χ0n) is 11.0. The maximum Gasteiger partial charge on any atom is 0.135 e.